The number of fused-ring (bicyclic) bond motifs is 1. The molecule has 176 valence electrons. The van der Waals surface area contributed by atoms with Crippen LogP contribution in [0, 0.1) is 13.8 Å². The highest BCUT2D eigenvalue weighted by molar-refractivity contribution is 8.18. The molecule has 7 nitrogen and oxygen atoms in total. The number of ether oxygens (including phenoxy) is 1. The molecule has 1 aliphatic heterocycles. The number of methoxy groups -OCH3 is 1. The van der Waals surface area contributed by atoms with Gasteiger partial charge in [-0.15, -0.1) is 0 Å². The van der Waals surface area contributed by atoms with Crippen LogP contribution in [0.1, 0.15) is 16.7 Å². The topological polar surface area (TPSA) is 75.9 Å². The first-order valence-electron chi connectivity index (χ1n) is 11.0. The van der Waals surface area contributed by atoms with Gasteiger partial charge in [0.15, 0.2) is 5.17 Å². The molecule has 1 fully saturated rings. The van der Waals surface area contributed by atoms with Gasteiger partial charge in [-0.05, 0) is 54.9 Å². The number of aliphatic imine (C=N–C) groups is 1. The van der Waals surface area contributed by atoms with E-state index in [9.17, 15) is 9.59 Å². The van der Waals surface area contributed by atoms with Gasteiger partial charge in [0.1, 0.15) is 6.54 Å². The Morgan fingerprint density at radius 1 is 1.18 bits per heavy atom. The SMILES string of the molecule is COCCNC(=O)Cn1cc(/C=C2/SC(=Nc3cccc(C)c3C)N(C)C2=O)c2ccccc21. The number of thioether (sulfide) groups is 1. The monoisotopic (exact) mass is 476 g/mol. The smallest absolute Gasteiger partial charge is 0.266 e. The van der Waals surface area contributed by atoms with Gasteiger partial charge >= 0.3 is 0 Å². The van der Waals surface area contributed by atoms with E-state index in [1.165, 1.54) is 11.8 Å². The van der Waals surface area contributed by atoms with Gasteiger partial charge in [0.05, 0.1) is 17.2 Å². The first-order valence-corrected chi connectivity index (χ1v) is 11.9. The van der Waals surface area contributed by atoms with E-state index in [4.69, 9.17) is 9.73 Å². The number of amidine groups is 1. The highest BCUT2D eigenvalue weighted by atomic mass is 32.2. The molecule has 0 saturated carbocycles. The van der Waals surface area contributed by atoms with E-state index in [2.05, 4.69) is 18.3 Å². The molecule has 1 N–H and O–H groups in total. The maximum absolute atomic E-state index is 13.0. The minimum Gasteiger partial charge on any atom is -0.383 e. The van der Waals surface area contributed by atoms with Crippen LogP contribution >= 0.6 is 11.8 Å². The van der Waals surface area contributed by atoms with Crippen LogP contribution in [0.5, 0.6) is 0 Å². The van der Waals surface area contributed by atoms with Gasteiger partial charge in [-0.25, -0.2) is 4.99 Å². The van der Waals surface area contributed by atoms with E-state index >= 15 is 0 Å². The lowest BCUT2D eigenvalue weighted by Gasteiger charge is -2.09. The summed E-state index contributed by atoms with van der Waals surface area (Å²) in [5.41, 5.74) is 4.94. The molecule has 0 bridgehead atoms. The fourth-order valence-electron chi connectivity index (χ4n) is 3.78. The highest BCUT2D eigenvalue weighted by Gasteiger charge is 2.31. The molecular formula is C26H28N4O3S. The Kier molecular flexibility index (Phi) is 7.19. The molecule has 2 heterocycles. The molecule has 4 rings (SSSR count). The summed E-state index contributed by atoms with van der Waals surface area (Å²) in [5, 5.41) is 4.48. The third-order valence-electron chi connectivity index (χ3n) is 5.84. The average molecular weight is 477 g/mol. The summed E-state index contributed by atoms with van der Waals surface area (Å²) in [7, 11) is 3.34. The van der Waals surface area contributed by atoms with E-state index < -0.39 is 0 Å². The summed E-state index contributed by atoms with van der Waals surface area (Å²) in [6.07, 6.45) is 3.80. The summed E-state index contributed by atoms with van der Waals surface area (Å²) < 4.78 is 6.90. The van der Waals surface area contributed by atoms with E-state index in [1.54, 1.807) is 19.1 Å². The second kappa shape index (κ2) is 10.3. The van der Waals surface area contributed by atoms with Crippen molar-refractivity contribution in [1.82, 2.24) is 14.8 Å². The molecule has 1 saturated heterocycles. The van der Waals surface area contributed by atoms with Gasteiger partial charge in [0, 0.05) is 43.4 Å². The second-order valence-electron chi connectivity index (χ2n) is 8.16. The molecule has 34 heavy (non-hydrogen) atoms. The van der Waals surface area contributed by atoms with Crippen LogP contribution in [0.25, 0.3) is 17.0 Å². The third kappa shape index (κ3) is 4.93. The molecule has 1 aliphatic rings. The standard InChI is InChI=1S/C26H28N4O3S/c1-17-8-7-10-21(18(17)2)28-26-29(3)25(32)23(34-26)14-19-15-30(16-24(31)27-12-13-33-4)22-11-6-5-9-20(19)22/h5-11,14-15H,12-13,16H2,1-4H3,(H,27,31)/b23-14+,28-26?. The van der Waals surface area contributed by atoms with Crippen LogP contribution < -0.4 is 5.32 Å². The predicted molar refractivity (Wildman–Crippen MR) is 138 cm³/mol. The maximum Gasteiger partial charge on any atom is 0.266 e. The largest absolute Gasteiger partial charge is 0.383 e. The first kappa shape index (κ1) is 23.8. The summed E-state index contributed by atoms with van der Waals surface area (Å²) >= 11 is 1.36. The zero-order valence-corrected chi connectivity index (χ0v) is 20.6. The first-order chi connectivity index (χ1) is 16.4. The molecular weight excluding hydrogens is 448 g/mol. The van der Waals surface area contributed by atoms with Crippen molar-refractivity contribution in [3.05, 3.63) is 70.3 Å². The molecule has 3 aromatic rings. The van der Waals surface area contributed by atoms with E-state index in [1.807, 2.05) is 60.2 Å². The van der Waals surface area contributed by atoms with Crippen molar-refractivity contribution < 1.29 is 14.3 Å². The number of hydrogen-bond acceptors (Lipinski definition) is 5. The molecule has 0 radical (unpaired) electrons. The fraction of sp³-hybridized carbons (Fsp3) is 0.269. The Morgan fingerprint density at radius 3 is 2.76 bits per heavy atom. The van der Waals surface area contributed by atoms with Crippen molar-refractivity contribution >= 4 is 51.4 Å². The van der Waals surface area contributed by atoms with Crippen LogP contribution in [0.2, 0.25) is 0 Å². The van der Waals surface area contributed by atoms with Crippen molar-refractivity contribution in [2.75, 3.05) is 27.3 Å². The molecule has 2 amide bonds. The second-order valence-corrected chi connectivity index (χ2v) is 9.17. The number of aromatic nitrogens is 1. The minimum absolute atomic E-state index is 0.0917. The fourth-order valence-corrected chi connectivity index (χ4v) is 4.75. The minimum atomic E-state index is -0.0943. The van der Waals surface area contributed by atoms with E-state index in [-0.39, 0.29) is 18.4 Å². The molecule has 0 aliphatic carbocycles. The normalized spacial score (nSPS) is 16.2. The molecule has 0 unspecified atom stereocenters. The van der Waals surface area contributed by atoms with Crippen molar-refractivity contribution in [2.24, 2.45) is 4.99 Å². The lowest BCUT2D eigenvalue weighted by molar-refractivity contribution is -0.122. The lowest BCUT2D eigenvalue weighted by atomic mass is 10.1. The van der Waals surface area contributed by atoms with Crippen molar-refractivity contribution in [3.8, 4) is 0 Å². The van der Waals surface area contributed by atoms with Crippen molar-refractivity contribution in [3.63, 3.8) is 0 Å². The van der Waals surface area contributed by atoms with E-state index in [0.29, 0.717) is 23.2 Å². The maximum atomic E-state index is 13.0. The molecule has 2 aromatic carbocycles. The lowest BCUT2D eigenvalue weighted by Crippen LogP contribution is -2.30. The van der Waals surface area contributed by atoms with Gasteiger partial charge in [-0.2, -0.15) is 0 Å². The zero-order chi connectivity index (χ0) is 24.2. The van der Waals surface area contributed by atoms with Gasteiger partial charge < -0.3 is 14.6 Å². The number of aryl methyl sites for hydroxylation is 1. The number of carbonyl (C=O) groups excluding carboxylic acids is 2. The Hall–Kier alpha value is -3.36. The number of rotatable bonds is 7. The molecule has 0 spiro atoms. The van der Waals surface area contributed by atoms with Crippen molar-refractivity contribution in [1.29, 1.82) is 0 Å². The Bertz CT molecular complexity index is 1310. The van der Waals surface area contributed by atoms with Crippen LogP contribution in [-0.4, -0.2) is 53.8 Å². The predicted octanol–water partition coefficient (Wildman–Crippen LogP) is 4.25. The number of carbonyl (C=O) groups is 2. The summed E-state index contributed by atoms with van der Waals surface area (Å²) in [5.74, 6) is -0.186. The number of likely N-dealkylation sites (N-methyl/N-ethyl adjacent to an activating group) is 1. The zero-order valence-electron chi connectivity index (χ0n) is 19.8. The van der Waals surface area contributed by atoms with Gasteiger partial charge in [0.25, 0.3) is 5.91 Å². The summed E-state index contributed by atoms with van der Waals surface area (Å²) in [6, 6.07) is 13.9. The van der Waals surface area contributed by atoms with Gasteiger partial charge in [-0.3, -0.25) is 14.5 Å². The van der Waals surface area contributed by atoms with Gasteiger partial charge in [0.2, 0.25) is 5.91 Å². The average Bonchev–Trinajstić information content (AvgIpc) is 3.29. The van der Waals surface area contributed by atoms with Gasteiger partial charge in [-0.1, -0.05) is 30.3 Å². The Labute approximate surface area is 203 Å². The Morgan fingerprint density at radius 2 is 1.97 bits per heavy atom. The highest BCUT2D eigenvalue weighted by Crippen LogP contribution is 2.35. The van der Waals surface area contributed by atoms with E-state index in [0.717, 1.165) is 33.3 Å². The van der Waals surface area contributed by atoms with Crippen molar-refractivity contribution in [2.45, 2.75) is 20.4 Å². The quantitative estimate of drug-likeness (QED) is 0.409. The number of nitrogens with one attached hydrogen (secondary N) is 1. The summed E-state index contributed by atoms with van der Waals surface area (Å²) in [4.78, 5) is 32.3. The number of nitrogens with zero attached hydrogens (tertiary/aromatic N) is 3. The van der Waals surface area contributed by atoms with Crippen LogP contribution in [-0.2, 0) is 20.9 Å². The molecule has 8 heteroatoms. The van der Waals surface area contributed by atoms with Crippen LogP contribution in [0.4, 0.5) is 5.69 Å². The number of amides is 2. The third-order valence-corrected chi connectivity index (χ3v) is 6.90. The van der Waals surface area contributed by atoms with Crippen LogP contribution in [0.3, 0.4) is 0 Å². The van der Waals surface area contributed by atoms with Crippen LogP contribution in [0.15, 0.2) is 58.6 Å². The Balaban J connectivity index is 1.63. The number of benzene rings is 2. The summed E-state index contributed by atoms with van der Waals surface area (Å²) in [6.45, 7) is 5.20. The molecule has 1 aromatic heterocycles. The number of para-hydroxylation sites is 1. The molecule has 0 atom stereocenters. The number of hydrogen-bond donors (Lipinski definition) is 1.